The van der Waals surface area contributed by atoms with Crippen molar-refractivity contribution in [3.05, 3.63) is 47.6 Å². The number of ether oxygens (including phenoxy) is 1. The van der Waals surface area contributed by atoms with E-state index in [1.165, 1.54) is 0 Å². The summed E-state index contributed by atoms with van der Waals surface area (Å²) in [6.45, 7) is 6.21. The fourth-order valence-electron chi connectivity index (χ4n) is 1.79. The normalized spacial score (nSPS) is 10.0. The molecule has 5 nitrogen and oxygen atoms in total. The number of nitrogens with zero attached hydrogens (tertiary/aromatic N) is 2. The van der Waals surface area contributed by atoms with Crippen LogP contribution < -0.4 is 15.4 Å². The number of hydrogen-bond donors (Lipinski definition) is 2. The molecule has 0 bridgehead atoms. The average Bonchev–Trinajstić information content (AvgIpc) is 2.45. The van der Waals surface area contributed by atoms with Crippen molar-refractivity contribution in [1.29, 1.82) is 0 Å². The van der Waals surface area contributed by atoms with Gasteiger partial charge in [-0.3, -0.25) is 0 Å². The van der Waals surface area contributed by atoms with Gasteiger partial charge >= 0.3 is 0 Å². The molecule has 0 amide bonds. The topological polar surface area (TPSA) is 59.1 Å². The highest BCUT2D eigenvalue weighted by Gasteiger charge is 2.07. The van der Waals surface area contributed by atoms with Crippen molar-refractivity contribution in [2.45, 2.75) is 6.92 Å². The van der Waals surface area contributed by atoms with Crippen LogP contribution in [0.25, 0.3) is 0 Å². The summed E-state index contributed by atoms with van der Waals surface area (Å²) in [6.07, 6.45) is 1.77. The van der Waals surface area contributed by atoms with Crippen LogP contribution in [-0.2, 0) is 0 Å². The lowest BCUT2D eigenvalue weighted by atomic mass is 10.3. The molecule has 1 heterocycles. The van der Waals surface area contributed by atoms with Gasteiger partial charge in [0.25, 0.3) is 0 Å². The first-order valence-corrected chi connectivity index (χ1v) is 6.81. The molecule has 0 saturated carbocycles. The van der Waals surface area contributed by atoms with Crippen LogP contribution in [-0.4, -0.2) is 23.6 Å². The van der Waals surface area contributed by atoms with Crippen LogP contribution in [0.1, 0.15) is 5.69 Å². The lowest BCUT2D eigenvalue weighted by molar-refractivity contribution is 0.417. The maximum atomic E-state index is 6.01. The zero-order chi connectivity index (χ0) is 15.2. The van der Waals surface area contributed by atoms with Gasteiger partial charge in [0, 0.05) is 23.3 Å². The maximum absolute atomic E-state index is 6.01. The molecule has 0 unspecified atom stereocenters. The molecule has 2 rings (SSSR count). The summed E-state index contributed by atoms with van der Waals surface area (Å²) in [7, 11) is 1.60. The van der Waals surface area contributed by atoms with Crippen LogP contribution in [0.5, 0.6) is 5.75 Å². The van der Waals surface area contributed by atoms with Gasteiger partial charge in [-0.15, -0.1) is 6.58 Å². The first-order chi connectivity index (χ1) is 10.1. The second kappa shape index (κ2) is 6.95. The fraction of sp³-hybridized carbons (Fsp3) is 0.200. The van der Waals surface area contributed by atoms with Crippen LogP contribution in [0.2, 0.25) is 5.02 Å². The average molecular weight is 305 g/mol. The lowest BCUT2D eigenvalue weighted by Gasteiger charge is -2.12. The number of aromatic nitrogens is 2. The number of methoxy groups -OCH3 is 1. The number of aryl methyl sites for hydroxylation is 1. The highest BCUT2D eigenvalue weighted by atomic mass is 35.5. The molecule has 110 valence electrons. The maximum Gasteiger partial charge on any atom is 0.229 e. The van der Waals surface area contributed by atoms with Crippen LogP contribution in [0.4, 0.5) is 17.5 Å². The van der Waals surface area contributed by atoms with E-state index in [0.29, 0.717) is 29.0 Å². The van der Waals surface area contributed by atoms with Gasteiger partial charge in [0.1, 0.15) is 11.6 Å². The van der Waals surface area contributed by atoms with Crippen molar-refractivity contribution >= 4 is 29.1 Å². The van der Waals surface area contributed by atoms with Crippen molar-refractivity contribution < 1.29 is 4.74 Å². The largest absolute Gasteiger partial charge is 0.495 e. The van der Waals surface area contributed by atoms with E-state index < -0.39 is 0 Å². The molecule has 0 aliphatic rings. The minimum absolute atomic E-state index is 0.474. The van der Waals surface area contributed by atoms with E-state index in [1.807, 2.05) is 13.0 Å². The van der Waals surface area contributed by atoms with E-state index in [0.717, 1.165) is 11.5 Å². The predicted octanol–water partition coefficient (Wildman–Crippen LogP) is 3.79. The zero-order valence-corrected chi connectivity index (χ0v) is 12.7. The van der Waals surface area contributed by atoms with E-state index in [-0.39, 0.29) is 0 Å². The molecule has 0 aliphatic carbocycles. The SMILES string of the molecule is C=CCNc1cc(C)nc(Nc2cc(Cl)ccc2OC)n1. The second-order valence-corrected chi connectivity index (χ2v) is 4.79. The van der Waals surface area contributed by atoms with Gasteiger partial charge in [0.15, 0.2) is 0 Å². The Morgan fingerprint density at radius 1 is 1.33 bits per heavy atom. The molecule has 2 N–H and O–H groups in total. The van der Waals surface area contributed by atoms with E-state index in [1.54, 1.807) is 31.4 Å². The summed E-state index contributed by atoms with van der Waals surface area (Å²) in [5.41, 5.74) is 1.56. The number of hydrogen-bond acceptors (Lipinski definition) is 5. The fourth-order valence-corrected chi connectivity index (χ4v) is 1.96. The number of nitrogens with one attached hydrogen (secondary N) is 2. The number of halogens is 1. The standard InChI is InChI=1S/C15H17ClN4O/c1-4-7-17-14-8-10(2)18-15(20-14)19-12-9-11(16)5-6-13(12)21-3/h4-6,8-9H,1,7H2,2-3H3,(H2,17,18,19,20). The predicted molar refractivity (Wildman–Crippen MR) is 86.7 cm³/mol. The van der Waals surface area contributed by atoms with Gasteiger partial charge in [0.05, 0.1) is 12.8 Å². The minimum Gasteiger partial charge on any atom is -0.495 e. The Morgan fingerprint density at radius 2 is 2.14 bits per heavy atom. The summed E-state index contributed by atoms with van der Waals surface area (Å²) < 4.78 is 5.29. The zero-order valence-electron chi connectivity index (χ0n) is 12.0. The molecular weight excluding hydrogens is 288 g/mol. The van der Waals surface area contributed by atoms with Crippen LogP contribution >= 0.6 is 11.6 Å². The van der Waals surface area contributed by atoms with E-state index in [9.17, 15) is 0 Å². The van der Waals surface area contributed by atoms with E-state index >= 15 is 0 Å². The van der Waals surface area contributed by atoms with Crippen molar-refractivity contribution in [3.63, 3.8) is 0 Å². The van der Waals surface area contributed by atoms with Gasteiger partial charge in [-0.2, -0.15) is 4.98 Å². The number of rotatable bonds is 6. The minimum atomic E-state index is 0.474. The lowest BCUT2D eigenvalue weighted by Crippen LogP contribution is -2.05. The molecule has 1 aromatic carbocycles. The summed E-state index contributed by atoms with van der Waals surface area (Å²) in [5, 5.41) is 6.87. The molecule has 1 aromatic heterocycles. The monoisotopic (exact) mass is 304 g/mol. The number of anilines is 3. The molecule has 0 saturated heterocycles. The Hall–Kier alpha value is -2.27. The first kappa shape index (κ1) is 15.1. The van der Waals surface area contributed by atoms with Gasteiger partial charge < -0.3 is 15.4 Å². The Labute approximate surface area is 129 Å². The van der Waals surface area contributed by atoms with Gasteiger partial charge in [0.2, 0.25) is 5.95 Å². The van der Waals surface area contributed by atoms with Gasteiger partial charge in [-0.25, -0.2) is 4.98 Å². The second-order valence-electron chi connectivity index (χ2n) is 4.36. The molecule has 0 aliphatic heterocycles. The Morgan fingerprint density at radius 3 is 2.86 bits per heavy atom. The molecule has 0 atom stereocenters. The van der Waals surface area contributed by atoms with Crippen molar-refractivity contribution in [1.82, 2.24) is 9.97 Å². The Bertz CT molecular complexity index is 646. The van der Waals surface area contributed by atoms with E-state index in [2.05, 4.69) is 27.2 Å². The smallest absolute Gasteiger partial charge is 0.229 e. The highest BCUT2D eigenvalue weighted by Crippen LogP contribution is 2.29. The van der Waals surface area contributed by atoms with Gasteiger partial charge in [-0.1, -0.05) is 17.7 Å². The molecule has 6 heteroatoms. The van der Waals surface area contributed by atoms with Crippen LogP contribution in [0.3, 0.4) is 0 Å². The van der Waals surface area contributed by atoms with Crippen LogP contribution in [0, 0.1) is 6.92 Å². The van der Waals surface area contributed by atoms with Crippen molar-refractivity contribution in [3.8, 4) is 5.75 Å². The van der Waals surface area contributed by atoms with Gasteiger partial charge in [-0.05, 0) is 25.1 Å². The number of benzene rings is 1. The molecule has 0 radical (unpaired) electrons. The third-order valence-corrected chi connectivity index (χ3v) is 2.92. The molecule has 2 aromatic rings. The van der Waals surface area contributed by atoms with Crippen molar-refractivity contribution in [2.24, 2.45) is 0 Å². The Balaban J connectivity index is 2.28. The van der Waals surface area contributed by atoms with E-state index in [4.69, 9.17) is 16.3 Å². The summed E-state index contributed by atoms with van der Waals surface area (Å²) in [5.74, 6) is 1.87. The molecular formula is C15H17ClN4O. The molecule has 0 spiro atoms. The van der Waals surface area contributed by atoms with Crippen molar-refractivity contribution in [2.75, 3.05) is 24.3 Å². The summed E-state index contributed by atoms with van der Waals surface area (Å²) in [4.78, 5) is 8.75. The first-order valence-electron chi connectivity index (χ1n) is 6.43. The Kier molecular flexibility index (Phi) is 5.00. The van der Waals surface area contributed by atoms with Crippen LogP contribution in [0.15, 0.2) is 36.9 Å². The summed E-state index contributed by atoms with van der Waals surface area (Å²) >= 11 is 6.01. The third kappa shape index (κ3) is 4.10. The summed E-state index contributed by atoms with van der Waals surface area (Å²) in [6, 6.07) is 7.18. The highest BCUT2D eigenvalue weighted by molar-refractivity contribution is 6.30. The quantitative estimate of drug-likeness (QED) is 0.795. The molecule has 21 heavy (non-hydrogen) atoms. The molecule has 0 fully saturated rings. The third-order valence-electron chi connectivity index (χ3n) is 2.69.